The molecule has 0 radical (unpaired) electrons. The van der Waals surface area contributed by atoms with Gasteiger partial charge in [0.25, 0.3) is 5.95 Å². The lowest BCUT2D eigenvalue weighted by Crippen LogP contribution is -2.23. The Hall–Kier alpha value is -2.18. The van der Waals surface area contributed by atoms with Crippen LogP contribution in [0.2, 0.25) is 0 Å². The van der Waals surface area contributed by atoms with Crippen molar-refractivity contribution in [2.45, 2.75) is 26.7 Å². The molecule has 0 saturated carbocycles. The molecular weight excluding hydrogens is 254 g/mol. The third-order valence-electron chi connectivity index (χ3n) is 2.84. The summed E-state index contributed by atoms with van der Waals surface area (Å²) < 4.78 is 1.64. The van der Waals surface area contributed by atoms with Crippen molar-refractivity contribution in [1.29, 1.82) is 0 Å². The minimum Gasteiger partial charge on any atom is -0.354 e. The second-order valence-electron chi connectivity index (χ2n) is 4.52. The van der Waals surface area contributed by atoms with E-state index in [0.717, 1.165) is 25.9 Å². The average molecular weight is 275 g/mol. The summed E-state index contributed by atoms with van der Waals surface area (Å²) in [5, 5.41) is 7.30. The quantitative estimate of drug-likeness (QED) is 0.829. The number of anilines is 2. The monoisotopic (exact) mass is 275 g/mol. The zero-order valence-electron chi connectivity index (χ0n) is 12.2. The van der Waals surface area contributed by atoms with E-state index in [0.29, 0.717) is 17.8 Å². The minimum absolute atomic E-state index is 0.527. The van der Waals surface area contributed by atoms with Crippen molar-refractivity contribution in [3.63, 3.8) is 0 Å². The Kier molecular flexibility index (Phi) is 4.86. The Morgan fingerprint density at radius 3 is 2.75 bits per heavy atom. The molecule has 0 aliphatic rings. The van der Waals surface area contributed by atoms with Crippen LogP contribution in [0.4, 0.5) is 11.9 Å². The molecular formula is C13H21N7. The minimum atomic E-state index is 0.527. The Balaban J connectivity index is 2.31. The molecule has 2 rings (SSSR count). The summed E-state index contributed by atoms with van der Waals surface area (Å²) in [7, 11) is 1.99. The van der Waals surface area contributed by atoms with Gasteiger partial charge in [-0.25, -0.2) is 4.68 Å². The van der Waals surface area contributed by atoms with Crippen LogP contribution in [-0.2, 0) is 0 Å². The highest BCUT2D eigenvalue weighted by molar-refractivity contribution is 5.39. The number of hydrogen-bond donors (Lipinski definition) is 1. The summed E-state index contributed by atoms with van der Waals surface area (Å²) in [5.74, 6) is 1.76. The number of hydrogen-bond acceptors (Lipinski definition) is 6. The molecule has 0 fully saturated rings. The van der Waals surface area contributed by atoms with Gasteiger partial charge in [-0.2, -0.15) is 20.1 Å². The first kappa shape index (κ1) is 14.2. The predicted octanol–water partition coefficient (Wildman–Crippen LogP) is 1.73. The first-order valence-electron chi connectivity index (χ1n) is 6.95. The van der Waals surface area contributed by atoms with Crippen molar-refractivity contribution in [2.75, 3.05) is 30.4 Å². The lowest BCUT2D eigenvalue weighted by molar-refractivity contribution is 0.733. The fourth-order valence-corrected chi connectivity index (χ4v) is 1.75. The van der Waals surface area contributed by atoms with Crippen molar-refractivity contribution in [3.8, 4) is 5.95 Å². The van der Waals surface area contributed by atoms with Crippen LogP contribution in [-0.4, -0.2) is 44.9 Å². The van der Waals surface area contributed by atoms with Crippen molar-refractivity contribution in [1.82, 2.24) is 24.7 Å². The fourth-order valence-electron chi connectivity index (χ4n) is 1.75. The largest absolute Gasteiger partial charge is 0.354 e. The first-order valence-corrected chi connectivity index (χ1v) is 6.95. The third kappa shape index (κ3) is 3.43. The maximum atomic E-state index is 4.48. The summed E-state index contributed by atoms with van der Waals surface area (Å²) in [6.45, 7) is 5.86. The van der Waals surface area contributed by atoms with Crippen LogP contribution < -0.4 is 10.2 Å². The highest BCUT2D eigenvalue weighted by atomic mass is 15.4. The lowest BCUT2D eigenvalue weighted by Gasteiger charge is -2.17. The summed E-state index contributed by atoms with van der Waals surface area (Å²) in [5.41, 5.74) is 0. The summed E-state index contributed by atoms with van der Waals surface area (Å²) >= 11 is 0. The van der Waals surface area contributed by atoms with E-state index in [1.807, 2.05) is 31.1 Å². The molecule has 20 heavy (non-hydrogen) atoms. The topological polar surface area (TPSA) is 71.8 Å². The molecule has 0 aliphatic heterocycles. The van der Waals surface area contributed by atoms with Gasteiger partial charge in [-0.1, -0.05) is 13.3 Å². The molecule has 0 spiro atoms. The Bertz CT molecular complexity index is 524. The number of aromatic nitrogens is 5. The van der Waals surface area contributed by atoms with Gasteiger partial charge in [0.05, 0.1) is 0 Å². The van der Waals surface area contributed by atoms with Crippen molar-refractivity contribution < 1.29 is 0 Å². The van der Waals surface area contributed by atoms with Crippen LogP contribution in [0, 0.1) is 0 Å². The van der Waals surface area contributed by atoms with Crippen molar-refractivity contribution in [2.24, 2.45) is 0 Å². The highest BCUT2D eigenvalue weighted by Gasteiger charge is 2.11. The summed E-state index contributed by atoms with van der Waals surface area (Å²) in [4.78, 5) is 15.3. The van der Waals surface area contributed by atoms with Crippen LogP contribution in [0.3, 0.4) is 0 Å². The molecule has 7 nitrogen and oxygen atoms in total. The Morgan fingerprint density at radius 2 is 2.10 bits per heavy atom. The first-order chi connectivity index (χ1) is 9.74. The smallest absolute Gasteiger partial charge is 0.257 e. The average Bonchev–Trinajstić information content (AvgIpc) is 2.99. The standard InChI is InChI=1S/C13H21N7/c1-4-6-9-19(3)12-16-11(14-5-2)17-13(18-12)20-10-7-8-15-20/h7-8,10H,4-6,9H2,1-3H3,(H,14,16,17,18). The summed E-state index contributed by atoms with van der Waals surface area (Å²) in [6.07, 6.45) is 5.77. The molecule has 2 heterocycles. The maximum Gasteiger partial charge on any atom is 0.257 e. The van der Waals surface area contributed by atoms with Gasteiger partial charge in [-0.3, -0.25) is 0 Å². The third-order valence-corrected chi connectivity index (χ3v) is 2.84. The van der Waals surface area contributed by atoms with Crippen LogP contribution in [0.25, 0.3) is 5.95 Å². The molecule has 0 saturated heterocycles. The van der Waals surface area contributed by atoms with Crippen LogP contribution in [0.5, 0.6) is 0 Å². The Labute approximate surface area is 119 Å². The molecule has 0 bridgehead atoms. The van der Waals surface area contributed by atoms with Gasteiger partial charge < -0.3 is 10.2 Å². The van der Waals surface area contributed by atoms with E-state index in [1.165, 1.54) is 0 Å². The van der Waals surface area contributed by atoms with Gasteiger partial charge in [0, 0.05) is 32.5 Å². The van der Waals surface area contributed by atoms with Gasteiger partial charge in [0.1, 0.15) is 0 Å². The molecule has 2 aromatic rings. The molecule has 0 aromatic carbocycles. The second-order valence-corrected chi connectivity index (χ2v) is 4.52. The van der Waals surface area contributed by atoms with Gasteiger partial charge in [0.2, 0.25) is 11.9 Å². The van der Waals surface area contributed by atoms with E-state index < -0.39 is 0 Å². The van der Waals surface area contributed by atoms with E-state index in [1.54, 1.807) is 10.9 Å². The fraction of sp³-hybridized carbons (Fsp3) is 0.538. The zero-order chi connectivity index (χ0) is 14.4. The van der Waals surface area contributed by atoms with Gasteiger partial charge >= 0.3 is 0 Å². The molecule has 1 N–H and O–H groups in total. The van der Waals surface area contributed by atoms with Gasteiger partial charge in [-0.15, -0.1) is 0 Å². The van der Waals surface area contributed by atoms with E-state index in [-0.39, 0.29) is 0 Å². The van der Waals surface area contributed by atoms with Gasteiger partial charge in [0.15, 0.2) is 0 Å². The number of nitrogens with one attached hydrogen (secondary N) is 1. The molecule has 0 unspecified atom stereocenters. The van der Waals surface area contributed by atoms with Crippen LogP contribution >= 0.6 is 0 Å². The maximum absolute atomic E-state index is 4.48. The second kappa shape index (κ2) is 6.83. The van der Waals surface area contributed by atoms with Crippen molar-refractivity contribution in [3.05, 3.63) is 18.5 Å². The molecule has 2 aromatic heterocycles. The lowest BCUT2D eigenvalue weighted by atomic mass is 10.3. The number of rotatable bonds is 7. The van der Waals surface area contributed by atoms with Crippen molar-refractivity contribution >= 4 is 11.9 Å². The molecule has 0 amide bonds. The number of unbranched alkanes of at least 4 members (excludes halogenated alkanes) is 1. The summed E-state index contributed by atoms with van der Waals surface area (Å²) in [6, 6.07) is 1.84. The van der Waals surface area contributed by atoms with E-state index in [9.17, 15) is 0 Å². The zero-order valence-corrected chi connectivity index (χ0v) is 12.2. The van der Waals surface area contributed by atoms with Crippen LogP contribution in [0.15, 0.2) is 18.5 Å². The highest BCUT2D eigenvalue weighted by Crippen LogP contribution is 2.12. The molecule has 108 valence electrons. The molecule has 0 atom stereocenters. The Morgan fingerprint density at radius 1 is 1.25 bits per heavy atom. The van der Waals surface area contributed by atoms with E-state index in [2.05, 4.69) is 32.3 Å². The SMILES string of the molecule is CCCCN(C)c1nc(NCC)nc(-n2cccn2)n1. The molecule has 0 aliphatic carbocycles. The molecule has 7 heteroatoms. The van der Waals surface area contributed by atoms with E-state index in [4.69, 9.17) is 0 Å². The van der Waals surface area contributed by atoms with Crippen LogP contribution in [0.1, 0.15) is 26.7 Å². The predicted molar refractivity (Wildman–Crippen MR) is 79.3 cm³/mol. The number of nitrogens with zero attached hydrogens (tertiary/aromatic N) is 6. The van der Waals surface area contributed by atoms with Gasteiger partial charge in [-0.05, 0) is 19.4 Å². The van der Waals surface area contributed by atoms with E-state index >= 15 is 0 Å². The normalized spacial score (nSPS) is 10.6.